The fourth-order valence-corrected chi connectivity index (χ4v) is 4.22. The highest BCUT2D eigenvalue weighted by molar-refractivity contribution is 9.10. The second-order valence-corrected chi connectivity index (χ2v) is 8.81. The monoisotopic (exact) mass is 585 g/mol. The highest BCUT2D eigenvalue weighted by atomic mass is 79.9. The average molecular weight is 586 g/mol. The number of rotatable bonds is 10. The smallest absolute Gasteiger partial charge is 0.338 e. The maximum Gasteiger partial charge on any atom is 0.338 e. The van der Waals surface area contributed by atoms with Gasteiger partial charge in [0.05, 0.1) is 28.9 Å². The normalized spacial score (nSPS) is 14.9. The fraction of sp³-hybridized carbons (Fsp3) is 0.240. The molecule has 1 aliphatic rings. The molecule has 1 heterocycles. The number of carbonyl (C=O) groups excluding carboxylic acids is 2. The number of esters is 1. The molecule has 3 N–H and O–H groups in total. The number of hydrogen-bond acceptors (Lipinski definition) is 8. The van der Waals surface area contributed by atoms with E-state index in [4.69, 9.17) is 31.7 Å². The number of para-hydroxylation sites is 1. The molecule has 192 valence electrons. The van der Waals surface area contributed by atoms with Gasteiger partial charge in [-0.1, -0.05) is 18.2 Å². The molecule has 1 aliphatic heterocycles. The lowest BCUT2D eigenvalue weighted by atomic mass is 9.95. The number of allylic oxidation sites excluding steroid dienone is 1. The van der Waals surface area contributed by atoms with Crippen LogP contribution in [0.5, 0.6) is 11.5 Å². The molecule has 1 atom stereocenters. The van der Waals surface area contributed by atoms with Crippen LogP contribution in [0.4, 0.5) is 0 Å². The summed E-state index contributed by atoms with van der Waals surface area (Å²) in [5.74, 6) is -0.0406. The summed E-state index contributed by atoms with van der Waals surface area (Å²) in [4.78, 5) is 25.0. The summed E-state index contributed by atoms with van der Waals surface area (Å²) in [6.07, 6.45) is 1.46. The molecular weight excluding hydrogens is 562 g/mol. The standard InChI is InChI=1S/C25H24BrN5O5S/c1-3-34-24(33)22-15(2)29-25(37)30-23(22)17-6-4-5-7-19(17)36-14-21(32)31-28-13-16-8-9-20(18(26)12-16)35-11-10-27/h4-9,12-13,23H,3,11,14H2,1-2H3,(H,31,32)(H2,29,30,37)/t23-/m1/s1. The average Bonchev–Trinajstić information content (AvgIpc) is 2.87. The molecule has 10 nitrogen and oxygen atoms in total. The zero-order valence-electron chi connectivity index (χ0n) is 20.0. The summed E-state index contributed by atoms with van der Waals surface area (Å²) in [5.41, 5.74) is 4.68. The highest BCUT2D eigenvalue weighted by Crippen LogP contribution is 2.33. The number of ether oxygens (including phenoxy) is 3. The number of hydrogen-bond donors (Lipinski definition) is 3. The van der Waals surface area contributed by atoms with Gasteiger partial charge in [0.1, 0.15) is 17.6 Å². The summed E-state index contributed by atoms with van der Waals surface area (Å²) in [5, 5.41) is 19.0. The third-order valence-electron chi connectivity index (χ3n) is 5.00. The number of nitriles is 1. The van der Waals surface area contributed by atoms with Crippen molar-refractivity contribution >= 4 is 51.4 Å². The van der Waals surface area contributed by atoms with Crippen LogP contribution in [0.2, 0.25) is 0 Å². The highest BCUT2D eigenvalue weighted by Gasteiger charge is 2.32. The molecule has 0 aliphatic carbocycles. The summed E-state index contributed by atoms with van der Waals surface area (Å²) in [7, 11) is 0. The molecule has 12 heteroatoms. The molecule has 0 aromatic heterocycles. The molecule has 0 spiro atoms. The quantitative estimate of drug-likeness (QED) is 0.166. The zero-order valence-corrected chi connectivity index (χ0v) is 22.4. The van der Waals surface area contributed by atoms with Crippen molar-refractivity contribution in [3.63, 3.8) is 0 Å². The minimum Gasteiger partial charge on any atom is -0.483 e. The van der Waals surface area contributed by atoms with E-state index in [9.17, 15) is 9.59 Å². The summed E-state index contributed by atoms with van der Waals surface area (Å²) < 4.78 is 16.9. The Morgan fingerprint density at radius 2 is 2.03 bits per heavy atom. The maximum absolute atomic E-state index is 12.7. The maximum atomic E-state index is 12.7. The Morgan fingerprint density at radius 3 is 2.76 bits per heavy atom. The minimum atomic E-state index is -0.622. The first-order valence-electron chi connectivity index (χ1n) is 11.1. The van der Waals surface area contributed by atoms with Crippen molar-refractivity contribution in [2.45, 2.75) is 19.9 Å². The van der Waals surface area contributed by atoms with E-state index in [-0.39, 0.29) is 19.8 Å². The molecule has 0 radical (unpaired) electrons. The number of nitrogens with one attached hydrogen (secondary N) is 3. The van der Waals surface area contributed by atoms with Crippen molar-refractivity contribution in [1.82, 2.24) is 16.1 Å². The SMILES string of the molecule is CCOC(=O)C1=C(C)NC(=S)N[C@@H]1c1ccccc1OCC(=O)NN=Cc1ccc(OCC#N)c(Br)c1. The van der Waals surface area contributed by atoms with Gasteiger partial charge < -0.3 is 24.8 Å². The fourth-order valence-electron chi connectivity index (χ4n) is 3.44. The molecule has 1 amide bonds. The van der Waals surface area contributed by atoms with Gasteiger partial charge in [-0.05, 0) is 71.8 Å². The van der Waals surface area contributed by atoms with E-state index in [1.807, 2.05) is 6.07 Å². The molecule has 0 saturated heterocycles. The molecular formula is C25H24BrN5O5S. The Labute approximate surface area is 227 Å². The van der Waals surface area contributed by atoms with Gasteiger partial charge in [-0.2, -0.15) is 10.4 Å². The van der Waals surface area contributed by atoms with E-state index >= 15 is 0 Å². The first-order valence-corrected chi connectivity index (χ1v) is 12.3. The van der Waals surface area contributed by atoms with E-state index in [0.29, 0.717) is 43.5 Å². The molecule has 37 heavy (non-hydrogen) atoms. The van der Waals surface area contributed by atoms with Gasteiger partial charge >= 0.3 is 5.97 Å². The van der Waals surface area contributed by atoms with Gasteiger partial charge in [0.2, 0.25) is 0 Å². The second-order valence-electron chi connectivity index (χ2n) is 7.55. The summed E-state index contributed by atoms with van der Waals surface area (Å²) >= 11 is 8.65. The lowest BCUT2D eigenvalue weighted by Crippen LogP contribution is -2.45. The summed E-state index contributed by atoms with van der Waals surface area (Å²) in [6.45, 7) is 3.32. The van der Waals surface area contributed by atoms with Crippen molar-refractivity contribution < 1.29 is 23.8 Å². The van der Waals surface area contributed by atoms with Gasteiger partial charge in [-0.3, -0.25) is 4.79 Å². The van der Waals surface area contributed by atoms with Crippen molar-refractivity contribution in [2.24, 2.45) is 5.10 Å². The van der Waals surface area contributed by atoms with Gasteiger partial charge in [0, 0.05) is 11.3 Å². The van der Waals surface area contributed by atoms with Crippen LogP contribution in [0.3, 0.4) is 0 Å². The van der Waals surface area contributed by atoms with Crippen molar-refractivity contribution in [1.29, 1.82) is 5.26 Å². The van der Waals surface area contributed by atoms with E-state index in [0.717, 1.165) is 0 Å². The van der Waals surface area contributed by atoms with Gasteiger partial charge in [-0.25, -0.2) is 10.2 Å². The predicted molar refractivity (Wildman–Crippen MR) is 144 cm³/mol. The summed E-state index contributed by atoms with van der Waals surface area (Å²) in [6, 6.07) is 13.5. The molecule has 3 rings (SSSR count). The Hall–Kier alpha value is -3.95. The van der Waals surface area contributed by atoms with Crippen LogP contribution in [-0.4, -0.2) is 43.0 Å². The first kappa shape index (κ1) is 27.6. The Bertz CT molecular complexity index is 1290. The van der Waals surface area contributed by atoms with Crippen molar-refractivity contribution in [3.8, 4) is 17.6 Å². The van der Waals surface area contributed by atoms with Crippen LogP contribution in [0, 0.1) is 11.3 Å². The topological polar surface area (TPSA) is 134 Å². The van der Waals surface area contributed by atoms with E-state index in [1.165, 1.54) is 6.21 Å². The molecule has 2 aromatic carbocycles. The lowest BCUT2D eigenvalue weighted by Gasteiger charge is -2.30. The number of nitrogens with zero attached hydrogens (tertiary/aromatic N) is 2. The number of thiocarbonyl (C=S) groups is 1. The van der Waals surface area contributed by atoms with Gasteiger partial charge in [-0.15, -0.1) is 0 Å². The molecule has 0 unspecified atom stereocenters. The molecule has 0 fully saturated rings. The lowest BCUT2D eigenvalue weighted by molar-refractivity contribution is -0.139. The third-order valence-corrected chi connectivity index (χ3v) is 5.84. The van der Waals surface area contributed by atoms with E-state index < -0.39 is 17.9 Å². The van der Waals surface area contributed by atoms with Crippen molar-refractivity contribution in [2.75, 3.05) is 19.8 Å². The van der Waals surface area contributed by atoms with Crippen LogP contribution < -0.4 is 25.5 Å². The number of halogens is 1. The first-order chi connectivity index (χ1) is 17.8. The molecule has 2 aromatic rings. The Kier molecular flexibility index (Phi) is 10.00. The number of benzene rings is 2. The van der Waals surface area contributed by atoms with E-state index in [1.54, 1.807) is 56.3 Å². The molecule has 0 bridgehead atoms. The van der Waals surface area contributed by atoms with Crippen LogP contribution in [0.15, 0.2) is 63.3 Å². The molecule has 0 saturated carbocycles. The van der Waals surface area contributed by atoms with E-state index in [2.05, 4.69) is 37.1 Å². The van der Waals surface area contributed by atoms with Crippen LogP contribution >= 0.6 is 28.1 Å². The number of carbonyl (C=O) groups is 2. The van der Waals surface area contributed by atoms with Crippen molar-refractivity contribution in [3.05, 3.63) is 69.3 Å². The second kappa shape index (κ2) is 13.4. The van der Waals surface area contributed by atoms with Crippen LogP contribution in [0.25, 0.3) is 0 Å². The Balaban J connectivity index is 1.66. The number of amides is 1. The third kappa shape index (κ3) is 7.52. The zero-order chi connectivity index (χ0) is 26.8. The number of hydrazone groups is 1. The minimum absolute atomic E-state index is 0.0639. The Morgan fingerprint density at radius 1 is 1.24 bits per heavy atom. The van der Waals surface area contributed by atoms with Crippen LogP contribution in [0.1, 0.15) is 31.0 Å². The van der Waals surface area contributed by atoms with Crippen LogP contribution in [-0.2, 0) is 14.3 Å². The predicted octanol–water partition coefficient (Wildman–Crippen LogP) is 3.24. The van der Waals surface area contributed by atoms with Gasteiger partial charge in [0.15, 0.2) is 18.3 Å². The van der Waals surface area contributed by atoms with Gasteiger partial charge in [0.25, 0.3) is 5.91 Å². The largest absolute Gasteiger partial charge is 0.483 e.